The van der Waals surface area contributed by atoms with Crippen molar-refractivity contribution in [2.45, 2.75) is 0 Å². The minimum atomic E-state index is -0.306. The first-order valence-corrected chi connectivity index (χ1v) is 1.92. The Hall–Kier alpha value is -1.05. The van der Waals surface area contributed by atoms with E-state index in [4.69, 9.17) is 5.11 Å². The van der Waals surface area contributed by atoms with Crippen LogP contribution in [0.4, 0.5) is 0 Å². The van der Waals surface area contributed by atoms with Gasteiger partial charge in [-0.25, -0.2) is 0 Å². The molecule has 0 radical (unpaired) electrons. The lowest BCUT2D eigenvalue weighted by molar-refractivity contribution is -0.113. The van der Waals surface area contributed by atoms with Crippen LogP contribution < -0.4 is 0 Å². The van der Waals surface area contributed by atoms with Crippen molar-refractivity contribution in [1.82, 2.24) is 0 Å². The molecular formula is C5H4O2. The van der Waals surface area contributed by atoms with Crippen molar-refractivity contribution in [3.05, 3.63) is 24.0 Å². The maximum atomic E-state index is 10.2. The van der Waals surface area contributed by atoms with E-state index < -0.39 is 0 Å². The minimum absolute atomic E-state index is 0.167. The summed E-state index contributed by atoms with van der Waals surface area (Å²) < 4.78 is 0. The van der Waals surface area contributed by atoms with Gasteiger partial charge in [0.1, 0.15) is 0 Å². The molecule has 0 aliphatic heterocycles. The molecule has 0 fully saturated rings. The van der Waals surface area contributed by atoms with Crippen molar-refractivity contribution in [3.63, 3.8) is 0 Å². The lowest BCUT2D eigenvalue weighted by atomic mass is 10.4. The SMILES string of the molecule is O=C1C=CC=C1O. The summed E-state index contributed by atoms with van der Waals surface area (Å²) in [6, 6.07) is 0. The summed E-state index contributed by atoms with van der Waals surface area (Å²) in [6.45, 7) is 0. The van der Waals surface area contributed by atoms with Gasteiger partial charge in [0.2, 0.25) is 5.78 Å². The molecule has 0 atom stereocenters. The Morgan fingerprint density at radius 1 is 1.57 bits per heavy atom. The Morgan fingerprint density at radius 2 is 2.29 bits per heavy atom. The smallest absolute Gasteiger partial charge is 0.220 e. The van der Waals surface area contributed by atoms with Gasteiger partial charge in [-0.3, -0.25) is 4.79 Å². The van der Waals surface area contributed by atoms with Crippen LogP contribution in [0.5, 0.6) is 0 Å². The third kappa shape index (κ3) is 0.538. The molecule has 1 aliphatic rings. The highest BCUT2D eigenvalue weighted by atomic mass is 16.3. The molecule has 1 aliphatic carbocycles. The fourth-order valence-electron chi connectivity index (χ4n) is 0.394. The number of aliphatic hydroxyl groups is 1. The maximum absolute atomic E-state index is 10.2. The second-order valence-electron chi connectivity index (χ2n) is 1.28. The zero-order valence-corrected chi connectivity index (χ0v) is 3.59. The zero-order chi connectivity index (χ0) is 5.28. The van der Waals surface area contributed by atoms with Crippen LogP contribution in [0, 0.1) is 0 Å². The van der Waals surface area contributed by atoms with Gasteiger partial charge in [0.25, 0.3) is 0 Å². The molecule has 0 bridgehead atoms. The van der Waals surface area contributed by atoms with E-state index in [2.05, 4.69) is 0 Å². The molecule has 36 valence electrons. The van der Waals surface area contributed by atoms with E-state index in [9.17, 15) is 4.79 Å². The van der Waals surface area contributed by atoms with Crippen LogP contribution >= 0.6 is 0 Å². The van der Waals surface area contributed by atoms with Crippen LogP contribution in [0.25, 0.3) is 0 Å². The van der Waals surface area contributed by atoms with E-state index >= 15 is 0 Å². The Balaban J connectivity index is 2.89. The van der Waals surface area contributed by atoms with Gasteiger partial charge in [-0.15, -0.1) is 0 Å². The topological polar surface area (TPSA) is 37.3 Å². The number of hydrogen-bond acceptors (Lipinski definition) is 2. The molecular weight excluding hydrogens is 92.1 g/mol. The molecule has 0 spiro atoms. The largest absolute Gasteiger partial charge is 0.504 e. The van der Waals surface area contributed by atoms with Gasteiger partial charge in [-0.05, 0) is 12.2 Å². The highest BCUT2D eigenvalue weighted by Crippen LogP contribution is 1.99. The molecule has 0 aromatic heterocycles. The Kier molecular flexibility index (Phi) is 0.719. The summed E-state index contributed by atoms with van der Waals surface area (Å²) in [5.74, 6) is -0.472. The normalized spacial score (nSPS) is 17.7. The van der Waals surface area contributed by atoms with E-state index in [1.54, 1.807) is 0 Å². The van der Waals surface area contributed by atoms with Gasteiger partial charge in [-0.2, -0.15) is 0 Å². The fourth-order valence-corrected chi connectivity index (χ4v) is 0.394. The predicted octanol–water partition coefficient (Wildman–Crippen LogP) is 0.567. The standard InChI is InChI=1S/C5H4O2/c6-4-2-1-3-5(4)7/h1-3H,(H,6,7). The molecule has 0 amide bonds. The van der Waals surface area contributed by atoms with E-state index in [1.807, 2.05) is 0 Å². The molecule has 0 aromatic rings. The second-order valence-corrected chi connectivity index (χ2v) is 1.28. The molecule has 7 heavy (non-hydrogen) atoms. The number of hydrogen-bond donors (Lipinski definition) is 1. The minimum Gasteiger partial charge on any atom is -0.504 e. The molecule has 0 saturated carbocycles. The number of ketones is 1. The molecule has 0 unspecified atom stereocenters. The molecule has 1 rings (SSSR count). The van der Waals surface area contributed by atoms with Crippen LogP contribution in [0.1, 0.15) is 0 Å². The van der Waals surface area contributed by atoms with Crippen LogP contribution in [0.3, 0.4) is 0 Å². The fraction of sp³-hybridized carbons (Fsp3) is 0. The highest BCUT2D eigenvalue weighted by molar-refractivity contribution is 6.04. The molecule has 1 N–H and O–H groups in total. The number of allylic oxidation sites excluding steroid dienone is 3. The van der Waals surface area contributed by atoms with Crippen LogP contribution in [-0.4, -0.2) is 10.9 Å². The van der Waals surface area contributed by atoms with Gasteiger partial charge in [0.05, 0.1) is 0 Å². The predicted molar refractivity (Wildman–Crippen MR) is 24.9 cm³/mol. The summed E-state index contributed by atoms with van der Waals surface area (Å²) in [5, 5.41) is 8.45. The summed E-state index contributed by atoms with van der Waals surface area (Å²) in [4.78, 5) is 10.2. The molecule has 2 nitrogen and oxygen atoms in total. The maximum Gasteiger partial charge on any atom is 0.220 e. The van der Waals surface area contributed by atoms with E-state index in [0.29, 0.717) is 0 Å². The highest BCUT2D eigenvalue weighted by Gasteiger charge is 2.04. The lowest BCUT2D eigenvalue weighted by Gasteiger charge is -1.79. The van der Waals surface area contributed by atoms with E-state index in [-0.39, 0.29) is 11.5 Å². The van der Waals surface area contributed by atoms with Crippen molar-refractivity contribution in [2.75, 3.05) is 0 Å². The van der Waals surface area contributed by atoms with Gasteiger partial charge < -0.3 is 5.11 Å². The van der Waals surface area contributed by atoms with Crippen molar-refractivity contribution >= 4 is 5.78 Å². The Morgan fingerprint density at radius 3 is 2.43 bits per heavy atom. The average Bonchev–Trinajstić information content (AvgIpc) is 1.91. The average molecular weight is 96.1 g/mol. The van der Waals surface area contributed by atoms with Crippen LogP contribution in [-0.2, 0) is 4.79 Å². The van der Waals surface area contributed by atoms with Crippen LogP contribution in [0.15, 0.2) is 24.0 Å². The van der Waals surface area contributed by atoms with Gasteiger partial charge in [0.15, 0.2) is 5.76 Å². The van der Waals surface area contributed by atoms with E-state index in [1.165, 1.54) is 18.2 Å². The molecule has 0 saturated heterocycles. The quantitative estimate of drug-likeness (QED) is 0.478. The third-order valence-corrected chi connectivity index (χ3v) is 0.754. The number of rotatable bonds is 0. The van der Waals surface area contributed by atoms with Crippen molar-refractivity contribution in [3.8, 4) is 0 Å². The van der Waals surface area contributed by atoms with E-state index in [0.717, 1.165) is 0 Å². The lowest BCUT2D eigenvalue weighted by Crippen LogP contribution is -1.90. The van der Waals surface area contributed by atoms with Crippen molar-refractivity contribution in [2.24, 2.45) is 0 Å². The summed E-state index contributed by atoms with van der Waals surface area (Å²) >= 11 is 0. The molecule has 0 aromatic carbocycles. The first-order chi connectivity index (χ1) is 3.30. The van der Waals surface area contributed by atoms with Gasteiger partial charge in [0, 0.05) is 0 Å². The zero-order valence-electron chi connectivity index (χ0n) is 3.59. The summed E-state index contributed by atoms with van der Waals surface area (Å²) in [6.07, 6.45) is 4.19. The monoisotopic (exact) mass is 96.0 g/mol. The van der Waals surface area contributed by atoms with Gasteiger partial charge >= 0.3 is 0 Å². The third-order valence-electron chi connectivity index (χ3n) is 0.754. The molecule has 2 heteroatoms. The number of carbonyl (C=O) groups excluding carboxylic acids is 1. The summed E-state index contributed by atoms with van der Waals surface area (Å²) in [5.41, 5.74) is 0. The number of carbonyl (C=O) groups is 1. The molecule has 0 heterocycles. The Bertz CT molecular complexity index is 153. The first-order valence-electron chi connectivity index (χ1n) is 1.92. The first kappa shape index (κ1) is 4.12. The Labute approximate surface area is 40.8 Å². The van der Waals surface area contributed by atoms with Gasteiger partial charge in [-0.1, -0.05) is 6.08 Å². The second kappa shape index (κ2) is 1.22. The van der Waals surface area contributed by atoms with Crippen molar-refractivity contribution < 1.29 is 9.90 Å². The summed E-state index contributed by atoms with van der Waals surface area (Å²) in [7, 11) is 0. The van der Waals surface area contributed by atoms with Crippen molar-refractivity contribution in [1.29, 1.82) is 0 Å². The number of aliphatic hydroxyl groups excluding tert-OH is 1. The van der Waals surface area contributed by atoms with Crippen LogP contribution in [0.2, 0.25) is 0 Å².